The Labute approximate surface area is 86.9 Å². The Morgan fingerprint density at radius 2 is 1.67 bits per heavy atom. The zero-order valence-electron chi connectivity index (χ0n) is 8.68. The molecule has 0 aromatic heterocycles. The highest BCUT2D eigenvalue weighted by Gasteiger charge is 2.29. The monoisotopic (exact) mass is 230 g/mol. The summed E-state index contributed by atoms with van der Waals surface area (Å²) >= 11 is 0. The Bertz CT molecular complexity index is 158. The number of aliphatic hydroxyl groups excluding tert-OH is 2. The van der Waals surface area contributed by atoms with Gasteiger partial charge < -0.3 is 14.9 Å². The molecular weight excluding hydrogens is 213 g/mol. The van der Waals surface area contributed by atoms with Gasteiger partial charge in [-0.15, -0.1) is 0 Å². The summed E-state index contributed by atoms with van der Waals surface area (Å²) in [5.74, 6) is 0. The van der Waals surface area contributed by atoms with E-state index in [1.54, 1.807) is 6.92 Å². The van der Waals surface area contributed by atoms with Crippen LogP contribution in [0.2, 0.25) is 0 Å². The topological polar surface area (TPSA) is 49.7 Å². The first-order chi connectivity index (χ1) is 6.89. The van der Waals surface area contributed by atoms with E-state index in [1.165, 1.54) is 0 Å². The third-order valence-corrected chi connectivity index (χ3v) is 2.23. The molecule has 92 valence electrons. The Hall–Kier alpha value is -0.330. The number of ether oxygens (including phenoxy) is 1. The fraction of sp³-hybridized carbons (Fsp3) is 1.00. The van der Waals surface area contributed by atoms with Crippen molar-refractivity contribution in [2.45, 2.75) is 38.0 Å². The molecule has 6 heteroatoms. The summed E-state index contributed by atoms with van der Waals surface area (Å²) in [7, 11) is 0. The third kappa shape index (κ3) is 5.96. The first-order valence-corrected chi connectivity index (χ1v) is 4.81. The number of hydrogen-bond acceptors (Lipinski definition) is 3. The summed E-state index contributed by atoms with van der Waals surface area (Å²) in [5.41, 5.74) is -1.11. The molecule has 0 aliphatic heterocycles. The normalized spacial score (nSPS) is 13.2. The molecule has 2 N–H and O–H groups in total. The van der Waals surface area contributed by atoms with Crippen LogP contribution in [0.15, 0.2) is 0 Å². The van der Waals surface area contributed by atoms with Crippen molar-refractivity contribution < 1.29 is 28.1 Å². The van der Waals surface area contributed by atoms with Gasteiger partial charge in [0, 0.05) is 13.0 Å². The largest absolute Gasteiger partial charge is 0.393 e. The minimum absolute atomic E-state index is 0.117. The van der Waals surface area contributed by atoms with Crippen molar-refractivity contribution >= 4 is 0 Å². The summed E-state index contributed by atoms with van der Waals surface area (Å²) in [6.45, 7) is 0.780. The van der Waals surface area contributed by atoms with Crippen LogP contribution in [0.1, 0.15) is 26.2 Å². The minimum atomic E-state index is -4.18. The molecule has 0 rings (SSSR count). The average molecular weight is 230 g/mol. The van der Waals surface area contributed by atoms with E-state index in [0.29, 0.717) is 6.42 Å². The van der Waals surface area contributed by atoms with E-state index in [4.69, 9.17) is 14.9 Å². The fourth-order valence-electron chi connectivity index (χ4n) is 1.03. The maximum absolute atomic E-state index is 11.8. The lowest BCUT2D eigenvalue weighted by atomic mass is 10.0. The maximum Gasteiger partial charge on any atom is 0.389 e. The van der Waals surface area contributed by atoms with Gasteiger partial charge in [-0.05, 0) is 12.8 Å². The van der Waals surface area contributed by atoms with Crippen molar-refractivity contribution in [1.29, 1.82) is 0 Å². The molecule has 3 nitrogen and oxygen atoms in total. The molecule has 0 fully saturated rings. The molecule has 0 amide bonds. The molecule has 0 aromatic rings. The van der Waals surface area contributed by atoms with Crippen LogP contribution in [0.3, 0.4) is 0 Å². The standard InChI is InChI=1S/C9H17F3O3/c1-2-8(6-13,7-14)15-5-3-4-9(10,11)12/h13-14H,2-7H2,1H3. The van der Waals surface area contributed by atoms with E-state index in [0.717, 1.165) is 0 Å². The van der Waals surface area contributed by atoms with Crippen molar-refractivity contribution in [2.24, 2.45) is 0 Å². The van der Waals surface area contributed by atoms with Crippen LogP contribution in [0.25, 0.3) is 0 Å². The average Bonchev–Trinajstić information content (AvgIpc) is 2.18. The zero-order chi connectivity index (χ0) is 11.9. The molecular formula is C9H17F3O3. The predicted molar refractivity (Wildman–Crippen MR) is 48.4 cm³/mol. The quantitative estimate of drug-likeness (QED) is 0.651. The summed E-state index contributed by atoms with van der Waals surface area (Å²) < 4.78 is 40.4. The number of halogens is 3. The van der Waals surface area contributed by atoms with Gasteiger partial charge in [0.15, 0.2) is 0 Å². The van der Waals surface area contributed by atoms with Crippen molar-refractivity contribution in [1.82, 2.24) is 0 Å². The van der Waals surface area contributed by atoms with Crippen molar-refractivity contribution in [2.75, 3.05) is 19.8 Å². The molecule has 0 saturated heterocycles. The van der Waals surface area contributed by atoms with Crippen LogP contribution < -0.4 is 0 Å². The molecule has 0 unspecified atom stereocenters. The SMILES string of the molecule is CCC(CO)(CO)OCCCC(F)(F)F. The van der Waals surface area contributed by atoms with Crippen LogP contribution in [-0.2, 0) is 4.74 Å². The number of hydrogen-bond donors (Lipinski definition) is 2. The van der Waals surface area contributed by atoms with Crippen LogP contribution in [0, 0.1) is 0 Å². The highest BCUT2D eigenvalue weighted by molar-refractivity contribution is 4.77. The lowest BCUT2D eigenvalue weighted by molar-refractivity contribution is -0.148. The van der Waals surface area contributed by atoms with E-state index in [1.807, 2.05) is 0 Å². The van der Waals surface area contributed by atoms with Gasteiger partial charge in [-0.1, -0.05) is 6.92 Å². The Morgan fingerprint density at radius 1 is 1.13 bits per heavy atom. The van der Waals surface area contributed by atoms with E-state index >= 15 is 0 Å². The maximum atomic E-state index is 11.8. The predicted octanol–water partition coefficient (Wildman–Crippen LogP) is 1.48. The number of rotatable bonds is 7. The third-order valence-electron chi connectivity index (χ3n) is 2.23. The second kappa shape index (κ2) is 6.30. The highest BCUT2D eigenvalue weighted by atomic mass is 19.4. The molecule has 0 aliphatic carbocycles. The van der Waals surface area contributed by atoms with Gasteiger partial charge >= 0.3 is 6.18 Å². The van der Waals surface area contributed by atoms with Crippen molar-refractivity contribution in [3.63, 3.8) is 0 Å². The molecule has 0 bridgehead atoms. The van der Waals surface area contributed by atoms with Crippen LogP contribution >= 0.6 is 0 Å². The zero-order valence-corrected chi connectivity index (χ0v) is 8.68. The lowest BCUT2D eigenvalue weighted by Crippen LogP contribution is -2.40. The second-order valence-corrected chi connectivity index (χ2v) is 3.42. The van der Waals surface area contributed by atoms with Crippen LogP contribution in [-0.4, -0.2) is 41.8 Å². The Morgan fingerprint density at radius 3 is 2.00 bits per heavy atom. The van der Waals surface area contributed by atoms with E-state index in [-0.39, 0.29) is 13.0 Å². The van der Waals surface area contributed by atoms with E-state index in [9.17, 15) is 13.2 Å². The van der Waals surface area contributed by atoms with E-state index < -0.39 is 31.4 Å². The lowest BCUT2D eigenvalue weighted by Gasteiger charge is -2.28. The number of aliphatic hydroxyl groups is 2. The molecule has 0 heterocycles. The second-order valence-electron chi connectivity index (χ2n) is 3.42. The Kier molecular flexibility index (Phi) is 6.16. The Balaban J connectivity index is 3.82. The first kappa shape index (κ1) is 14.7. The van der Waals surface area contributed by atoms with Crippen LogP contribution in [0.4, 0.5) is 13.2 Å². The molecule has 0 spiro atoms. The fourth-order valence-corrected chi connectivity index (χ4v) is 1.03. The van der Waals surface area contributed by atoms with Crippen molar-refractivity contribution in [3.05, 3.63) is 0 Å². The van der Waals surface area contributed by atoms with Gasteiger partial charge in [0.1, 0.15) is 5.60 Å². The van der Waals surface area contributed by atoms with Gasteiger partial charge in [-0.2, -0.15) is 13.2 Å². The first-order valence-electron chi connectivity index (χ1n) is 4.81. The highest BCUT2D eigenvalue weighted by Crippen LogP contribution is 2.22. The van der Waals surface area contributed by atoms with Gasteiger partial charge in [0.2, 0.25) is 0 Å². The van der Waals surface area contributed by atoms with E-state index in [2.05, 4.69) is 0 Å². The summed E-state index contributed by atoms with van der Waals surface area (Å²) in [5, 5.41) is 17.9. The molecule has 0 aromatic carbocycles. The molecule has 0 atom stereocenters. The smallest absolute Gasteiger partial charge is 0.389 e. The summed E-state index contributed by atoms with van der Waals surface area (Å²) in [6.07, 6.45) is -4.91. The van der Waals surface area contributed by atoms with Crippen LogP contribution in [0.5, 0.6) is 0 Å². The van der Waals surface area contributed by atoms with Gasteiger partial charge in [0.05, 0.1) is 13.2 Å². The van der Waals surface area contributed by atoms with Gasteiger partial charge in [0.25, 0.3) is 0 Å². The molecule has 15 heavy (non-hydrogen) atoms. The summed E-state index contributed by atoms with van der Waals surface area (Å²) in [4.78, 5) is 0. The van der Waals surface area contributed by atoms with Gasteiger partial charge in [-0.3, -0.25) is 0 Å². The molecule has 0 aliphatic rings. The molecule has 0 radical (unpaired) electrons. The number of alkyl halides is 3. The molecule has 0 saturated carbocycles. The summed E-state index contributed by atoms with van der Waals surface area (Å²) in [6, 6.07) is 0. The van der Waals surface area contributed by atoms with Gasteiger partial charge in [-0.25, -0.2) is 0 Å². The minimum Gasteiger partial charge on any atom is -0.393 e. The van der Waals surface area contributed by atoms with Crippen molar-refractivity contribution in [3.8, 4) is 0 Å².